The van der Waals surface area contributed by atoms with Crippen molar-refractivity contribution in [3.63, 3.8) is 0 Å². The quantitative estimate of drug-likeness (QED) is 0.558. The van der Waals surface area contributed by atoms with E-state index in [1.54, 1.807) is 0 Å². The van der Waals surface area contributed by atoms with Crippen LogP contribution in [-0.4, -0.2) is 12.6 Å². The van der Waals surface area contributed by atoms with E-state index in [4.69, 9.17) is 6.42 Å². The van der Waals surface area contributed by atoms with E-state index in [1.165, 1.54) is 4.88 Å². The van der Waals surface area contributed by atoms with Gasteiger partial charge in [-0.15, -0.1) is 23.7 Å². The highest BCUT2D eigenvalue weighted by molar-refractivity contribution is 7.09. The van der Waals surface area contributed by atoms with E-state index in [-0.39, 0.29) is 0 Å². The number of nitrogens with one attached hydrogen (secondary N) is 1. The Morgan fingerprint density at radius 1 is 1.64 bits per heavy atom. The van der Waals surface area contributed by atoms with Gasteiger partial charge in [0.15, 0.2) is 0 Å². The molecule has 2 heteroatoms. The Bertz CT molecular complexity index is 271. The smallest absolute Gasteiger partial charge is 0.00981 e. The molecule has 0 aliphatic heterocycles. The van der Waals surface area contributed by atoms with Crippen molar-refractivity contribution in [1.29, 1.82) is 0 Å². The zero-order valence-electron chi connectivity index (χ0n) is 8.62. The van der Waals surface area contributed by atoms with Gasteiger partial charge in [-0.2, -0.15) is 0 Å². The van der Waals surface area contributed by atoms with Crippen LogP contribution >= 0.6 is 11.3 Å². The second-order valence-electron chi connectivity index (χ2n) is 3.45. The van der Waals surface area contributed by atoms with Gasteiger partial charge >= 0.3 is 0 Å². The lowest BCUT2D eigenvalue weighted by molar-refractivity contribution is 0.540. The Kier molecular flexibility index (Phi) is 5.36. The Balaban J connectivity index is 2.11. The molecule has 0 aromatic carbocycles. The monoisotopic (exact) mass is 207 g/mol. The maximum absolute atomic E-state index is 5.18. The lowest BCUT2D eigenvalue weighted by Gasteiger charge is -2.11. The summed E-state index contributed by atoms with van der Waals surface area (Å²) in [6, 6.07) is 4.83. The summed E-state index contributed by atoms with van der Waals surface area (Å²) < 4.78 is 0. The predicted molar refractivity (Wildman–Crippen MR) is 63.6 cm³/mol. The highest BCUT2D eigenvalue weighted by Crippen LogP contribution is 2.10. The average molecular weight is 207 g/mol. The molecule has 0 aliphatic carbocycles. The lowest BCUT2D eigenvalue weighted by Crippen LogP contribution is -2.28. The summed E-state index contributed by atoms with van der Waals surface area (Å²) in [7, 11) is 0. The fourth-order valence-electron chi connectivity index (χ4n) is 1.34. The van der Waals surface area contributed by atoms with Crippen molar-refractivity contribution < 1.29 is 0 Å². The standard InChI is InChI=1S/C12H17NS/c1-3-4-5-8-13-11(2)10-12-7-6-9-14-12/h1,6-7,9,11,13H,4-5,8,10H2,2H3. The third kappa shape index (κ3) is 4.45. The van der Waals surface area contributed by atoms with E-state index in [1.807, 2.05) is 11.3 Å². The van der Waals surface area contributed by atoms with Crippen molar-refractivity contribution in [3.05, 3.63) is 22.4 Å². The average Bonchev–Trinajstić information content (AvgIpc) is 2.65. The van der Waals surface area contributed by atoms with Crippen LogP contribution in [0, 0.1) is 12.3 Å². The zero-order valence-corrected chi connectivity index (χ0v) is 9.44. The van der Waals surface area contributed by atoms with Gasteiger partial charge < -0.3 is 5.32 Å². The number of hydrogen-bond donors (Lipinski definition) is 1. The summed E-state index contributed by atoms with van der Waals surface area (Å²) in [6.45, 7) is 3.24. The normalized spacial score (nSPS) is 12.3. The van der Waals surface area contributed by atoms with Crippen molar-refractivity contribution in [2.75, 3.05) is 6.54 Å². The Morgan fingerprint density at radius 3 is 3.14 bits per heavy atom. The summed E-state index contributed by atoms with van der Waals surface area (Å²) in [6.07, 6.45) is 8.25. The summed E-state index contributed by atoms with van der Waals surface area (Å²) in [5.74, 6) is 2.65. The Morgan fingerprint density at radius 2 is 2.50 bits per heavy atom. The van der Waals surface area contributed by atoms with Gasteiger partial charge in [-0.05, 0) is 37.8 Å². The van der Waals surface area contributed by atoms with Crippen LogP contribution in [-0.2, 0) is 6.42 Å². The van der Waals surface area contributed by atoms with Gasteiger partial charge in [-0.25, -0.2) is 0 Å². The molecule has 0 fully saturated rings. The van der Waals surface area contributed by atoms with Crippen LogP contribution in [0.5, 0.6) is 0 Å². The lowest BCUT2D eigenvalue weighted by atomic mass is 10.2. The third-order valence-electron chi connectivity index (χ3n) is 2.08. The first-order chi connectivity index (χ1) is 6.83. The van der Waals surface area contributed by atoms with E-state index >= 15 is 0 Å². The summed E-state index contributed by atoms with van der Waals surface area (Å²) in [5.41, 5.74) is 0. The number of hydrogen-bond acceptors (Lipinski definition) is 2. The molecule has 0 saturated carbocycles. The molecule has 1 unspecified atom stereocenters. The van der Waals surface area contributed by atoms with Crippen molar-refractivity contribution in [1.82, 2.24) is 5.32 Å². The summed E-state index contributed by atoms with van der Waals surface area (Å²) in [5, 5.41) is 5.59. The van der Waals surface area contributed by atoms with Crippen LogP contribution in [0.15, 0.2) is 17.5 Å². The zero-order chi connectivity index (χ0) is 10.2. The van der Waals surface area contributed by atoms with Gasteiger partial charge in [0.1, 0.15) is 0 Å². The van der Waals surface area contributed by atoms with Gasteiger partial charge in [-0.3, -0.25) is 0 Å². The van der Waals surface area contributed by atoms with Gasteiger partial charge in [0.05, 0.1) is 0 Å². The van der Waals surface area contributed by atoms with Gasteiger partial charge in [0.25, 0.3) is 0 Å². The first-order valence-corrected chi connectivity index (χ1v) is 5.90. The second-order valence-corrected chi connectivity index (χ2v) is 4.48. The molecule has 76 valence electrons. The molecule has 0 spiro atoms. The number of terminal acetylenes is 1. The van der Waals surface area contributed by atoms with Crippen LogP contribution in [0.25, 0.3) is 0 Å². The van der Waals surface area contributed by atoms with Crippen LogP contribution in [0.3, 0.4) is 0 Å². The van der Waals surface area contributed by atoms with Crippen molar-refractivity contribution in [2.24, 2.45) is 0 Å². The maximum Gasteiger partial charge on any atom is 0.00981 e. The molecule has 0 saturated heterocycles. The fourth-order valence-corrected chi connectivity index (χ4v) is 2.18. The van der Waals surface area contributed by atoms with E-state index in [0.717, 1.165) is 25.8 Å². The first-order valence-electron chi connectivity index (χ1n) is 5.02. The number of unbranched alkanes of at least 4 members (excludes halogenated alkanes) is 1. The van der Waals surface area contributed by atoms with Crippen molar-refractivity contribution in [3.8, 4) is 12.3 Å². The molecule has 1 rings (SSSR count). The van der Waals surface area contributed by atoms with E-state index in [2.05, 4.69) is 35.7 Å². The second kappa shape index (κ2) is 6.64. The Hall–Kier alpha value is -0.780. The SMILES string of the molecule is C#CCCCNC(C)Cc1cccs1. The highest BCUT2D eigenvalue weighted by atomic mass is 32.1. The van der Waals surface area contributed by atoms with Crippen LogP contribution in [0.1, 0.15) is 24.6 Å². The Labute approximate surface area is 90.5 Å². The van der Waals surface area contributed by atoms with Crippen LogP contribution in [0.4, 0.5) is 0 Å². The minimum absolute atomic E-state index is 0.548. The minimum Gasteiger partial charge on any atom is -0.314 e. The molecule has 0 radical (unpaired) electrons. The number of thiophene rings is 1. The topological polar surface area (TPSA) is 12.0 Å². The molecule has 0 amide bonds. The molecule has 1 heterocycles. The summed E-state index contributed by atoms with van der Waals surface area (Å²) >= 11 is 1.82. The van der Waals surface area contributed by atoms with E-state index < -0.39 is 0 Å². The van der Waals surface area contributed by atoms with Crippen molar-refractivity contribution >= 4 is 11.3 Å². The molecule has 0 bridgehead atoms. The van der Waals surface area contributed by atoms with Gasteiger partial charge in [-0.1, -0.05) is 6.07 Å². The van der Waals surface area contributed by atoms with Crippen molar-refractivity contribution in [2.45, 2.75) is 32.2 Å². The predicted octanol–water partition coefficient (Wildman–Crippen LogP) is 2.68. The van der Waals surface area contributed by atoms with Gasteiger partial charge in [0, 0.05) is 17.3 Å². The maximum atomic E-state index is 5.18. The first kappa shape index (κ1) is 11.3. The minimum atomic E-state index is 0.548. The third-order valence-corrected chi connectivity index (χ3v) is 2.98. The highest BCUT2D eigenvalue weighted by Gasteiger charge is 2.02. The molecule has 1 nitrogen and oxygen atoms in total. The molecule has 14 heavy (non-hydrogen) atoms. The van der Waals surface area contributed by atoms with E-state index in [0.29, 0.717) is 6.04 Å². The molecule has 1 atom stereocenters. The van der Waals surface area contributed by atoms with Crippen LogP contribution < -0.4 is 5.32 Å². The fraction of sp³-hybridized carbons (Fsp3) is 0.500. The summed E-state index contributed by atoms with van der Waals surface area (Å²) in [4.78, 5) is 1.45. The molecule has 1 aromatic rings. The molecule has 0 aliphatic rings. The molecule has 1 aromatic heterocycles. The molecule has 1 N–H and O–H groups in total. The molecular weight excluding hydrogens is 190 g/mol. The number of rotatable bonds is 6. The van der Waals surface area contributed by atoms with Crippen LogP contribution in [0.2, 0.25) is 0 Å². The van der Waals surface area contributed by atoms with Gasteiger partial charge in [0.2, 0.25) is 0 Å². The molecular formula is C12H17NS. The largest absolute Gasteiger partial charge is 0.314 e. The van der Waals surface area contributed by atoms with E-state index in [9.17, 15) is 0 Å².